The van der Waals surface area contributed by atoms with Crippen molar-refractivity contribution in [2.75, 3.05) is 19.4 Å². The molecule has 1 atom stereocenters. The van der Waals surface area contributed by atoms with E-state index in [0.717, 1.165) is 35.7 Å². The number of hydrogen-bond donors (Lipinski definition) is 3. The summed E-state index contributed by atoms with van der Waals surface area (Å²) in [5.74, 6) is 11.8. The summed E-state index contributed by atoms with van der Waals surface area (Å²) in [4.78, 5) is 0. The fraction of sp³-hybridized carbons (Fsp3) is 0.500. The number of fused-ring (bicyclic) bond motifs is 1. The smallest absolute Gasteiger partial charge is 0.154 e. The molecule has 1 saturated carbocycles. The number of benzene rings is 1. The van der Waals surface area contributed by atoms with Gasteiger partial charge in [0, 0.05) is 36.5 Å². The summed E-state index contributed by atoms with van der Waals surface area (Å²) >= 11 is 0. The number of rotatable bonds is 7. The third kappa shape index (κ3) is 4.85. The van der Waals surface area contributed by atoms with Crippen LogP contribution in [0.25, 0.3) is 10.9 Å². The lowest BCUT2D eigenvalue weighted by Crippen LogP contribution is -2.44. The lowest BCUT2D eigenvalue weighted by Gasteiger charge is -2.34. The molecular formula is C22H27N3O4S. The standard InChI is InChI=1S/C22H27N3O4S/c1-21(16-23-27,30(2,28)29)12-13-25-15-19-14-18(7-8-20(19)24-25)6-3-4-9-22(17-26)10-5-11-22/h7-8,14-15,23,26-27H,5,10-13,16-17H2,1-2H3/t21-/m1/s1. The zero-order valence-electron chi connectivity index (χ0n) is 17.3. The monoisotopic (exact) mass is 429 g/mol. The third-order valence-electron chi connectivity index (χ3n) is 5.98. The Morgan fingerprint density at radius 3 is 2.70 bits per heavy atom. The van der Waals surface area contributed by atoms with Crippen LogP contribution in [0.5, 0.6) is 0 Å². The molecule has 0 spiro atoms. The first-order valence-electron chi connectivity index (χ1n) is 9.88. The molecule has 1 aliphatic carbocycles. The van der Waals surface area contributed by atoms with E-state index in [4.69, 9.17) is 5.21 Å². The molecule has 0 radical (unpaired) electrons. The number of aliphatic hydroxyl groups is 1. The third-order valence-corrected chi connectivity index (χ3v) is 8.12. The van der Waals surface area contributed by atoms with Crippen LogP contribution in [0.4, 0.5) is 0 Å². The summed E-state index contributed by atoms with van der Waals surface area (Å²) in [6, 6.07) is 5.66. The second-order valence-electron chi connectivity index (χ2n) is 8.26. The molecule has 0 saturated heterocycles. The van der Waals surface area contributed by atoms with Crippen molar-refractivity contribution in [3.05, 3.63) is 30.0 Å². The minimum absolute atomic E-state index is 0.0506. The number of aliphatic hydroxyl groups excluding tert-OH is 1. The van der Waals surface area contributed by atoms with E-state index in [2.05, 4.69) is 28.8 Å². The average molecular weight is 430 g/mol. The molecule has 3 rings (SSSR count). The highest BCUT2D eigenvalue weighted by atomic mass is 32.2. The van der Waals surface area contributed by atoms with Gasteiger partial charge in [-0.3, -0.25) is 4.68 Å². The fourth-order valence-electron chi connectivity index (χ4n) is 3.39. The average Bonchev–Trinajstić information content (AvgIpc) is 3.07. The Hall–Kier alpha value is -2.36. The summed E-state index contributed by atoms with van der Waals surface area (Å²) < 4.78 is 24.8. The number of hydrogen-bond acceptors (Lipinski definition) is 6. The number of nitrogens with zero attached hydrogens (tertiary/aromatic N) is 2. The van der Waals surface area contributed by atoms with Crippen molar-refractivity contribution in [1.29, 1.82) is 0 Å². The Balaban J connectivity index is 1.72. The van der Waals surface area contributed by atoms with Crippen molar-refractivity contribution >= 4 is 20.7 Å². The van der Waals surface area contributed by atoms with E-state index < -0.39 is 14.6 Å². The number of hydroxylamine groups is 1. The highest BCUT2D eigenvalue weighted by Crippen LogP contribution is 2.39. The first kappa shape index (κ1) is 22.3. The fourth-order valence-corrected chi connectivity index (χ4v) is 4.17. The molecule has 0 unspecified atom stereocenters. The Morgan fingerprint density at radius 1 is 1.33 bits per heavy atom. The number of aryl methyl sites for hydroxylation is 1. The molecule has 0 bridgehead atoms. The van der Waals surface area contributed by atoms with Gasteiger partial charge in [0.05, 0.1) is 22.3 Å². The van der Waals surface area contributed by atoms with Crippen molar-refractivity contribution in [2.45, 2.75) is 43.9 Å². The number of aromatic nitrogens is 2. The van der Waals surface area contributed by atoms with Gasteiger partial charge < -0.3 is 10.3 Å². The Labute approximate surface area is 177 Å². The van der Waals surface area contributed by atoms with E-state index >= 15 is 0 Å². The van der Waals surface area contributed by atoms with Gasteiger partial charge in [-0.25, -0.2) is 13.9 Å². The molecular weight excluding hydrogens is 402 g/mol. The van der Waals surface area contributed by atoms with Crippen molar-refractivity contribution in [1.82, 2.24) is 15.3 Å². The molecule has 1 aliphatic rings. The molecule has 0 aliphatic heterocycles. The minimum atomic E-state index is -3.37. The summed E-state index contributed by atoms with van der Waals surface area (Å²) in [5.41, 5.74) is 3.33. The van der Waals surface area contributed by atoms with E-state index in [9.17, 15) is 13.5 Å². The van der Waals surface area contributed by atoms with Crippen molar-refractivity contribution in [3.63, 3.8) is 0 Å². The van der Waals surface area contributed by atoms with Crippen LogP contribution in [0.1, 0.15) is 38.2 Å². The van der Waals surface area contributed by atoms with Gasteiger partial charge in [0.2, 0.25) is 0 Å². The summed E-state index contributed by atoms with van der Waals surface area (Å²) in [5, 5.41) is 23.8. The molecule has 30 heavy (non-hydrogen) atoms. The van der Waals surface area contributed by atoms with Gasteiger partial charge >= 0.3 is 0 Å². The van der Waals surface area contributed by atoms with Gasteiger partial charge in [0.15, 0.2) is 9.84 Å². The van der Waals surface area contributed by atoms with Gasteiger partial charge in [-0.05, 0) is 56.2 Å². The topological polar surface area (TPSA) is 104 Å². The Morgan fingerprint density at radius 2 is 2.10 bits per heavy atom. The first-order chi connectivity index (χ1) is 14.2. The molecule has 1 aromatic heterocycles. The lowest BCUT2D eigenvalue weighted by atomic mass is 9.70. The SMILES string of the molecule is C[C@@](CCn1cc2cc(C#CC#CC3(CO)CCC3)ccc2n1)(CNO)S(C)(=O)=O. The van der Waals surface area contributed by atoms with Gasteiger partial charge in [-0.2, -0.15) is 5.10 Å². The van der Waals surface area contributed by atoms with Crippen LogP contribution in [-0.2, 0) is 16.4 Å². The predicted molar refractivity (Wildman–Crippen MR) is 115 cm³/mol. The van der Waals surface area contributed by atoms with Gasteiger partial charge in [0.1, 0.15) is 0 Å². The quantitative estimate of drug-likeness (QED) is 0.457. The maximum Gasteiger partial charge on any atom is 0.154 e. The molecule has 0 amide bonds. The molecule has 3 N–H and O–H groups in total. The zero-order valence-corrected chi connectivity index (χ0v) is 18.1. The van der Waals surface area contributed by atoms with E-state index in [1.165, 1.54) is 6.26 Å². The predicted octanol–water partition coefficient (Wildman–Crippen LogP) is 1.73. The lowest BCUT2D eigenvalue weighted by molar-refractivity contribution is 0.102. The van der Waals surface area contributed by atoms with Crippen LogP contribution in [0.15, 0.2) is 24.4 Å². The van der Waals surface area contributed by atoms with Crippen LogP contribution in [-0.4, -0.2) is 52.7 Å². The Bertz CT molecular complexity index is 1140. The van der Waals surface area contributed by atoms with Gasteiger partial charge in [-0.15, -0.1) is 0 Å². The van der Waals surface area contributed by atoms with Crippen LogP contribution in [0, 0.1) is 29.1 Å². The van der Waals surface area contributed by atoms with E-state index in [0.29, 0.717) is 13.0 Å². The molecule has 7 nitrogen and oxygen atoms in total. The largest absolute Gasteiger partial charge is 0.395 e. The van der Waals surface area contributed by atoms with E-state index in [-0.39, 0.29) is 18.6 Å². The molecule has 160 valence electrons. The zero-order chi connectivity index (χ0) is 21.8. The first-order valence-corrected chi connectivity index (χ1v) is 11.8. The normalized spacial score (nSPS) is 17.2. The van der Waals surface area contributed by atoms with Gasteiger partial charge in [-0.1, -0.05) is 18.3 Å². The van der Waals surface area contributed by atoms with E-state index in [1.807, 2.05) is 29.9 Å². The van der Waals surface area contributed by atoms with E-state index in [1.54, 1.807) is 11.6 Å². The van der Waals surface area contributed by atoms with Crippen LogP contribution in [0.3, 0.4) is 0 Å². The van der Waals surface area contributed by atoms with Crippen LogP contribution >= 0.6 is 0 Å². The molecule has 1 aromatic carbocycles. The molecule has 1 fully saturated rings. The highest BCUT2D eigenvalue weighted by Gasteiger charge is 2.35. The maximum absolute atomic E-state index is 12.1. The molecule has 1 heterocycles. The van der Waals surface area contributed by atoms with Crippen molar-refractivity contribution in [3.8, 4) is 23.7 Å². The Kier molecular flexibility index (Phi) is 6.54. The molecule has 2 aromatic rings. The van der Waals surface area contributed by atoms with Gasteiger partial charge in [0.25, 0.3) is 0 Å². The summed E-state index contributed by atoms with van der Waals surface area (Å²) in [6.07, 6.45) is 6.29. The second kappa shape index (κ2) is 8.79. The highest BCUT2D eigenvalue weighted by molar-refractivity contribution is 7.92. The summed E-state index contributed by atoms with van der Waals surface area (Å²) in [7, 11) is -3.37. The van der Waals surface area contributed by atoms with Crippen molar-refractivity contribution < 1.29 is 18.7 Å². The molecule has 8 heteroatoms. The number of nitrogens with one attached hydrogen (secondary N) is 1. The van der Waals surface area contributed by atoms with Crippen LogP contribution < -0.4 is 5.48 Å². The minimum Gasteiger partial charge on any atom is -0.395 e. The summed E-state index contributed by atoms with van der Waals surface area (Å²) in [6.45, 7) is 2.04. The second-order valence-corrected chi connectivity index (χ2v) is 10.8. The van der Waals surface area contributed by atoms with Crippen molar-refractivity contribution in [2.24, 2.45) is 5.41 Å². The van der Waals surface area contributed by atoms with Crippen LogP contribution in [0.2, 0.25) is 0 Å². The number of sulfone groups is 1. The maximum atomic E-state index is 12.1.